The highest BCUT2D eigenvalue weighted by Gasteiger charge is 2.12. The van der Waals surface area contributed by atoms with E-state index in [1.807, 2.05) is 17.6 Å². The number of thiazole rings is 1. The number of aromatic nitrogens is 1. The summed E-state index contributed by atoms with van der Waals surface area (Å²) in [5.74, 6) is 0. The molecule has 1 atom stereocenters. The number of aryl methyl sites for hydroxylation is 1. The van der Waals surface area contributed by atoms with Crippen molar-refractivity contribution in [1.82, 2.24) is 4.98 Å². The van der Waals surface area contributed by atoms with Gasteiger partial charge in [0.05, 0.1) is 5.01 Å². The zero-order valence-corrected chi connectivity index (χ0v) is 11.4. The molecule has 0 saturated heterocycles. The third-order valence-electron chi connectivity index (χ3n) is 2.50. The Balaban J connectivity index is 2.21. The molecule has 84 valence electrons. The maximum absolute atomic E-state index is 6.19. The Bertz CT molecular complexity index is 468. The molecule has 0 radical (unpaired) electrons. The fourth-order valence-corrected chi connectivity index (χ4v) is 2.84. The molecule has 0 saturated carbocycles. The molecule has 0 amide bonds. The molecule has 4 heteroatoms. The van der Waals surface area contributed by atoms with Crippen molar-refractivity contribution in [3.63, 3.8) is 0 Å². The van der Waals surface area contributed by atoms with Gasteiger partial charge in [0.15, 0.2) is 0 Å². The summed E-state index contributed by atoms with van der Waals surface area (Å²) >= 11 is 5.24. The number of nitrogens with two attached hydrogens (primary N) is 1. The maximum atomic E-state index is 6.19. The van der Waals surface area contributed by atoms with Crippen molar-refractivity contribution in [2.75, 3.05) is 0 Å². The zero-order valence-electron chi connectivity index (χ0n) is 8.98. The van der Waals surface area contributed by atoms with Crippen LogP contribution in [0, 0.1) is 6.92 Å². The largest absolute Gasteiger partial charge is 0.324 e. The van der Waals surface area contributed by atoms with E-state index in [1.54, 1.807) is 11.3 Å². The molecule has 1 aromatic heterocycles. The van der Waals surface area contributed by atoms with E-state index in [-0.39, 0.29) is 6.04 Å². The Morgan fingerprint density at radius 1 is 1.50 bits per heavy atom. The van der Waals surface area contributed by atoms with Crippen LogP contribution in [0.1, 0.15) is 22.2 Å². The second-order valence-corrected chi connectivity index (χ2v) is 5.49. The van der Waals surface area contributed by atoms with Crippen LogP contribution in [0.3, 0.4) is 0 Å². The van der Waals surface area contributed by atoms with E-state index in [1.165, 1.54) is 5.56 Å². The predicted molar refractivity (Wildman–Crippen MR) is 71.6 cm³/mol. The summed E-state index contributed by atoms with van der Waals surface area (Å²) in [5, 5.41) is 3.06. The molecule has 0 fully saturated rings. The quantitative estimate of drug-likeness (QED) is 0.942. The lowest BCUT2D eigenvalue weighted by molar-refractivity contribution is 0.713. The Kier molecular flexibility index (Phi) is 3.74. The predicted octanol–water partition coefficient (Wildman–Crippen LogP) is 3.46. The highest BCUT2D eigenvalue weighted by atomic mass is 79.9. The molecule has 0 aliphatic heterocycles. The van der Waals surface area contributed by atoms with Crippen LogP contribution >= 0.6 is 27.3 Å². The van der Waals surface area contributed by atoms with Crippen molar-refractivity contribution < 1.29 is 0 Å². The molecule has 0 aliphatic rings. The summed E-state index contributed by atoms with van der Waals surface area (Å²) < 4.78 is 1.11. The number of halogens is 1. The lowest BCUT2D eigenvalue weighted by Gasteiger charge is -2.13. The molecular formula is C12H13BrN2S. The Labute approximate surface area is 108 Å². The van der Waals surface area contributed by atoms with Crippen LogP contribution in [0.2, 0.25) is 0 Å². The van der Waals surface area contributed by atoms with Crippen LogP contribution in [0.5, 0.6) is 0 Å². The van der Waals surface area contributed by atoms with Gasteiger partial charge >= 0.3 is 0 Å². The van der Waals surface area contributed by atoms with Crippen molar-refractivity contribution in [2.24, 2.45) is 5.73 Å². The van der Waals surface area contributed by atoms with Crippen molar-refractivity contribution in [2.45, 2.75) is 19.4 Å². The molecule has 2 aromatic rings. The van der Waals surface area contributed by atoms with Crippen LogP contribution in [0.15, 0.2) is 34.2 Å². The molecule has 2 nitrogen and oxygen atoms in total. The van der Waals surface area contributed by atoms with E-state index in [9.17, 15) is 0 Å². The smallest absolute Gasteiger partial charge is 0.0943 e. The van der Waals surface area contributed by atoms with Gasteiger partial charge in [-0.3, -0.25) is 0 Å². The number of hydrogen-bond acceptors (Lipinski definition) is 3. The minimum atomic E-state index is 0.000394. The monoisotopic (exact) mass is 296 g/mol. The summed E-state index contributed by atoms with van der Waals surface area (Å²) in [6.45, 7) is 2.07. The fourth-order valence-electron chi connectivity index (χ4n) is 1.61. The number of hydrogen-bond donors (Lipinski definition) is 1. The Hall–Kier alpha value is -0.710. The Morgan fingerprint density at radius 2 is 2.31 bits per heavy atom. The maximum Gasteiger partial charge on any atom is 0.0943 e. The van der Waals surface area contributed by atoms with Gasteiger partial charge in [-0.25, -0.2) is 4.98 Å². The van der Waals surface area contributed by atoms with Gasteiger partial charge in [0.1, 0.15) is 0 Å². The van der Waals surface area contributed by atoms with Gasteiger partial charge in [0.2, 0.25) is 0 Å². The van der Waals surface area contributed by atoms with Gasteiger partial charge in [-0.1, -0.05) is 34.1 Å². The van der Waals surface area contributed by atoms with Gasteiger partial charge < -0.3 is 5.73 Å². The van der Waals surface area contributed by atoms with E-state index in [0.29, 0.717) is 0 Å². The average Bonchev–Trinajstić information content (AvgIpc) is 2.74. The summed E-state index contributed by atoms with van der Waals surface area (Å²) in [6, 6.07) is 6.18. The first-order valence-electron chi connectivity index (χ1n) is 5.07. The third kappa shape index (κ3) is 2.51. The molecular weight excluding hydrogens is 284 g/mol. The van der Waals surface area contributed by atoms with Crippen LogP contribution in [-0.4, -0.2) is 4.98 Å². The SMILES string of the molecule is Cc1cccc(C(N)Cc2nccs2)c1Br. The van der Waals surface area contributed by atoms with Crippen LogP contribution in [-0.2, 0) is 6.42 Å². The van der Waals surface area contributed by atoms with Gasteiger partial charge in [-0.2, -0.15) is 0 Å². The first-order valence-corrected chi connectivity index (χ1v) is 6.74. The average molecular weight is 297 g/mol. The number of benzene rings is 1. The highest BCUT2D eigenvalue weighted by molar-refractivity contribution is 9.10. The third-order valence-corrected chi connectivity index (χ3v) is 4.38. The van der Waals surface area contributed by atoms with Crippen molar-refractivity contribution in [3.05, 3.63) is 50.4 Å². The van der Waals surface area contributed by atoms with Gasteiger partial charge in [0.25, 0.3) is 0 Å². The zero-order chi connectivity index (χ0) is 11.5. The van der Waals surface area contributed by atoms with Crippen molar-refractivity contribution in [3.8, 4) is 0 Å². The van der Waals surface area contributed by atoms with E-state index in [0.717, 1.165) is 21.5 Å². The Morgan fingerprint density at radius 3 is 3.00 bits per heavy atom. The molecule has 2 N–H and O–H groups in total. The minimum Gasteiger partial charge on any atom is -0.324 e. The van der Waals surface area contributed by atoms with E-state index >= 15 is 0 Å². The summed E-state index contributed by atoms with van der Waals surface area (Å²) in [7, 11) is 0. The molecule has 0 aliphatic carbocycles. The van der Waals surface area contributed by atoms with Gasteiger partial charge in [-0.15, -0.1) is 11.3 Å². The van der Waals surface area contributed by atoms with Crippen LogP contribution in [0.25, 0.3) is 0 Å². The molecule has 16 heavy (non-hydrogen) atoms. The fraction of sp³-hybridized carbons (Fsp3) is 0.250. The van der Waals surface area contributed by atoms with Crippen molar-refractivity contribution in [1.29, 1.82) is 0 Å². The minimum absolute atomic E-state index is 0.000394. The summed E-state index contributed by atoms with van der Waals surface area (Å²) in [4.78, 5) is 4.26. The summed E-state index contributed by atoms with van der Waals surface area (Å²) in [5.41, 5.74) is 8.56. The van der Waals surface area contributed by atoms with Gasteiger partial charge in [-0.05, 0) is 18.1 Å². The first kappa shape index (κ1) is 11.8. The number of rotatable bonds is 3. The van der Waals surface area contributed by atoms with E-state index in [4.69, 9.17) is 5.73 Å². The van der Waals surface area contributed by atoms with Crippen LogP contribution < -0.4 is 5.73 Å². The summed E-state index contributed by atoms with van der Waals surface area (Å²) in [6.07, 6.45) is 2.61. The first-order chi connectivity index (χ1) is 7.68. The lowest BCUT2D eigenvalue weighted by atomic mass is 10.0. The topological polar surface area (TPSA) is 38.9 Å². The second-order valence-electron chi connectivity index (χ2n) is 3.71. The van der Waals surface area contributed by atoms with Crippen molar-refractivity contribution >= 4 is 27.3 Å². The molecule has 0 bridgehead atoms. The normalized spacial score (nSPS) is 12.7. The lowest BCUT2D eigenvalue weighted by Crippen LogP contribution is -2.14. The molecule has 1 unspecified atom stereocenters. The molecule has 0 spiro atoms. The highest BCUT2D eigenvalue weighted by Crippen LogP contribution is 2.27. The van der Waals surface area contributed by atoms with Gasteiger partial charge in [0, 0.05) is 28.5 Å². The molecule has 1 aromatic carbocycles. The molecule has 2 rings (SSSR count). The van der Waals surface area contributed by atoms with E-state index in [2.05, 4.69) is 40.0 Å². The standard InChI is InChI=1S/C12H13BrN2S/c1-8-3-2-4-9(12(8)13)10(14)7-11-15-5-6-16-11/h2-6,10H,7,14H2,1H3. The molecule has 1 heterocycles. The second kappa shape index (κ2) is 5.08. The van der Waals surface area contributed by atoms with Crippen LogP contribution in [0.4, 0.5) is 0 Å². The van der Waals surface area contributed by atoms with E-state index < -0.39 is 0 Å². The number of nitrogens with zero attached hydrogens (tertiary/aromatic N) is 1.